The van der Waals surface area contributed by atoms with Crippen LogP contribution in [0.25, 0.3) is 0 Å². The van der Waals surface area contributed by atoms with E-state index in [-0.39, 0.29) is 11.4 Å². The Labute approximate surface area is 172 Å². The van der Waals surface area contributed by atoms with E-state index in [0.29, 0.717) is 6.42 Å². The molecule has 0 rings (SSSR count). The van der Waals surface area contributed by atoms with Crippen molar-refractivity contribution in [3.63, 3.8) is 0 Å². The molecule has 0 unspecified atom stereocenters. The molecule has 0 aromatic carbocycles. The third-order valence-electron chi connectivity index (χ3n) is 4.29. The van der Waals surface area contributed by atoms with Crippen molar-refractivity contribution in [2.45, 2.75) is 114 Å². The minimum Gasteiger partial charge on any atom is -0.300 e. The Balaban J connectivity index is 0. The second-order valence-electron chi connectivity index (χ2n) is 10.6. The predicted molar refractivity (Wildman–Crippen MR) is 111 cm³/mol. The molecule has 0 fully saturated rings. The van der Waals surface area contributed by atoms with Crippen LogP contribution in [0.1, 0.15) is 108 Å². The third-order valence-corrected chi connectivity index (χ3v) is 4.29. The Hall–Kier alpha value is -1.14. The van der Waals surface area contributed by atoms with Crippen LogP contribution >= 0.6 is 0 Å². The molecule has 0 spiro atoms. The van der Waals surface area contributed by atoms with Crippen LogP contribution in [-0.4, -0.2) is 22.8 Å². The van der Waals surface area contributed by atoms with Gasteiger partial charge in [0.1, 0.15) is 5.60 Å². The first-order chi connectivity index (χ1) is 12.4. The van der Waals surface area contributed by atoms with Crippen LogP contribution in [0.5, 0.6) is 0 Å². The van der Waals surface area contributed by atoms with Gasteiger partial charge < -0.3 is 4.89 Å². The summed E-state index contributed by atoms with van der Waals surface area (Å²) in [6.07, 6.45) is 4.74. The fraction of sp³-hybridized carbons (Fsp3) is 0.909. The van der Waals surface area contributed by atoms with Gasteiger partial charge >= 0.3 is 11.9 Å². The highest BCUT2D eigenvalue weighted by atomic mass is 17.2. The minimum absolute atomic E-state index is 0.104. The van der Waals surface area contributed by atoms with Gasteiger partial charge in [0.15, 0.2) is 0 Å². The van der Waals surface area contributed by atoms with Crippen molar-refractivity contribution >= 4 is 11.9 Å². The molecule has 6 nitrogen and oxygen atoms in total. The lowest BCUT2D eigenvalue weighted by Crippen LogP contribution is -2.31. The molecule has 168 valence electrons. The summed E-state index contributed by atoms with van der Waals surface area (Å²) in [5.41, 5.74) is -1.42. The summed E-state index contributed by atoms with van der Waals surface area (Å²) in [6, 6.07) is 0. The van der Waals surface area contributed by atoms with E-state index >= 15 is 0 Å². The fourth-order valence-corrected chi connectivity index (χ4v) is 3.08. The molecule has 1 N–H and O–H groups in total. The fourth-order valence-electron chi connectivity index (χ4n) is 3.08. The van der Waals surface area contributed by atoms with Gasteiger partial charge in [-0.25, -0.2) is 9.59 Å². The molecule has 0 aliphatic carbocycles. The van der Waals surface area contributed by atoms with Crippen molar-refractivity contribution in [2.75, 3.05) is 0 Å². The van der Waals surface area contributed by atoms with Gasteiger partial charge in [0.05, 0.1) is 10.8 Å². The van der Waals surface area contributed by atoms with E-state index < -0.39 is 22.4 Å². The lowest BCUT2D eigenvalue weighted by atomic mass is 9.73. The zero-order valence-electron chi connectivity index (χ0n) is 20.0. The minimum atomic E-state index is -0.618. The summed E-state index contributed by atoms with van der Waals surface area (Å²) in [4.78, 5) is 36.3. The number of rotatable bonds is 9. The zero-order chi connectivity index (χ0) is 22.8. The smallest absolute Gasteiger partial charge is 0.300 e. The average Bonchev–Trinajstić information content (AvgIpc) is 2.50. The van der Waals surface area contributed by atoms with E-state index in [1.807, 2.05) is 13.8 Å². The summed E-state index contributed by atoms with van der Waals surface area (Å²) < 4.78 is 0. The van der Waals surface area contributed by atoms with Crippen LogP contribution < -0.4 is 0 Å². The lowest BCUT2D eigenvalue weighted by Gasteiger charge is -2.32. The Morgan fingerprint density at radius 2 is 1.25 bits per heavy atom. The van der Waals surface area contributed by atoms with Crippen LogP contribution in [0, 0.1) is 16.2 Å². The molecule has 0 aliphatic rings. The van der Waals surface area contributed by atoms with E-state index in [1.54, 1.807) is 34.6 Å². The van der Waals surface area contributed by atoms with Gasteiger partial charge in [0.2, 0.25) is 0 Å². The quantitative estimate of drug-likeness (QED) is 0.357. The van der Waals surface area contributed by atoms with Crippen molar-refractivity contribution in [2.24, 2.45) is 16.2 Å². The summed E-state index contributed by atoms with van der Waals surface area (Å²) in [6.45, 7) is 21.2. The second-order valence-corrected chi connectivity index (χ2v) is 10.6. The second kappa shape index (κ2) is 11.8. The molecule has 6 heteroatoms. The highest BCUT2D eigenvalue weighted by Crippen LogP contribution is 2.37. The van der Waals surface area contributed by atoms with Gasteiger partial charge in [-0.05, 0) is 73.1 Å². The van der Waals surface area contributed by atoms with Crippen LogP contribution in [0.4, 0.5) is 0 Å². The number of carbonyl (C=O) groups excluding carboxylic acids is 2. The molecule has 28 heavy (non-hydrogen) atoms. The van der Waals surface area contributed by atoms with Crippen LogP contribution in [0.15, 0.2) is 0 Å². The molecule has 0 aromatic heterocycles. The Morgan fingerprint density at radius 1 is 0.786 bits per heavy atom. The van der Waals surface area contributed by atoms with E-state index in [9.17, 15) is 9.59 Å². The van der Waals surface area contributed by atoms with Crippen molar-refractivity contribution in [1.29, 1.82) is 0 Å². The molecule has 0 bridgehead atoms. The summed E-state index contributed by atoms with van der Waals surface area (Å²) >= 11 is 0. The van der Waals surface area contributed by atoms with E-state index in [4.69, 9.17) is 15.0 Å². The molecule has 0 saturated carbocycles. The molecule has 0 aromatic rings. The van der Waals surface area contributed by atoms with Gasteiger partial charge in [0.25, 0.3) is 0 Å². The average molecular weight is 405 g/mol. The Morgan fingerprint density at radius 3 is 1.61 bits per heavy atom. The number of hydrogen-bond donors (Lipinski definition) is 1. The maximum Gasteiger partial charge on any atom is 0.347 e. The molecule has 0 amide bonds. The zero-order valence-corrected chi connectivity index (χ0v) is 20.0. The van der Waals surface area contributed by atoms with Crippen molar-refractivity contribution in [3.8, 4) is 0 Å². The number of hydrogen-bond acceptors (Lipinski definition) is 6. The normalized spacial score (nSPS) is 12.7. The van der Waals surface area contributed by atoms with E-state index in [2.05, 4.69) is 32.6 Å². The summed E-state index contributed by atoms with van der Waals surface area (Å²) in [5, 5.41) is 8.35. The van der Waals surface area contributed by atoms with Crippen molar-refractivity contribution in [1.82, 2.24) is 0 Å². The summed E-state index contributed by atoms with van der Waals surface area (Å²) in [7, 11) is 0. The van der Waals surface area contributed by atoms with Crippen LogP contribution in [0.3, 0.4) is 0 Å². The van der Waals surface area contributed by atoms with Gasteiger partial charge in [0, 0.05) is 0 Å². The predicted octanol–water partition coefficient (Wildman–Crippen LogP) is 6.33. The first-order valence-corrected chi connectivity index (χ1v) is 10.2. The third kappa shape index (κ3) is 13.1. The van der Waals surface area contributed by atoms with Crippen molar-refractivity contribution in [3.05, 3.63) is 0 Å². The first-order valence-electron chi connectivity index (χ1n) is 10.2. The molecule has 0 radical (unpaired) electrons. The lowest BCUT2D eigenvalue weighted by molar-refractivity contribution is -0.331. The van der Waals surface area contributed by atoms with Crippen molar-refractivity contribution < 1.29 is 29.5 Å². The van der Waals surface area contributed by atoms with Gasteiger partial charge in [-0.2, -0.15) is 10.1 Å². The van der Waals surface area contributed by atoms with Gasteiger partial charge in [-0.3, -0.25) is 4.89 Å². The molecule has 0 aliphatic heterocycles. The van der Waals surface area contributed by atoms with Crippen LogP contribution in [0.2, 0.25) is 0 Å². The highest BCUT2D eigenvalue weighted by Gasteiger charge is 2.36. The maximum absolute atomic E-state index is 11.4. The largest absolute Gasteiger partial charge is 0.347 e. The summed E-state index contributed by atoms with van der Waals surface area (Å²) in [5.74, 6) is -0.886. The van der Waals surface area contributed by atoms with E-state index in [0.717, 1.165) is 25.7 Å². The number of carbonyl (C=O) groups is 2. The Kier molecular flexibility index (Phi) is 12.2. The SMILES string of the molecule is CCCC(C)(C)CC(C)(C)C(=O)OO.CCCC(C)(C)OOC(=O)C(C)(C)C. The van der Waals surface area contributed by atoms with Crippen LogP contribution in [-0.2, 0) is 24.3 Å². The molecule has 0 heterocycles. The molecular formula is C22H44O6. The maximum atomic E-state index is 11.4. The monoisotopic (exact) mass is 404 g/mol. The molecular weight excluding hydrogens is 360 g/mol. The topological polar surface area (TPSA) is 82.1 Å². The molecule has 0 atom stereocenters. The van der Waals surface area contributed by atoms with Gasteiger partial charge in [-0.1, -0.05) is 40.5 Å². The first kappa shape index (κ1) is 29.1. The molecule has 0 saturated heterocycles. The highest BCUT2D eigenvalue weighted by molar-refractivity contribution is 5.75. The Bertz CT molecular complexity index is 470. The van der Waals surface area contributed by atoms with Gasteiger partial charge in [-0.15, -0.1) is 0 Å². The standard InChI is InChI=1S/2C11H22O3/c1-7-8-11(5,6)14-13-9(12)10(2,3)4;1-6-7-10(2,3)8-11(4,5)9(12)14-13/h7-8H2,1-6H3;13H,6-8H2,1-5H3. The van der Waals surface area contributed by atoms with E-state index in [1.165, 1.54) is 0 Å².